The molecule has 1 N–H and O–H groups in total. The Morgan fingerprint density at radius 3 is 2.55 bits per heavy atom. The van der Waals surface area contributed by atoms with Gasteiger partial charge in [-0.15, -0.1) is 0 Å². The van der Waals surface area contributed by atoms with Gasteiger partial charge in [-0.05, 0) is 56.0 Å². The highest BCUT2D eigenvalue weighted by atomic mass is 16.5. The van der Waals surface area contributed by atoms with Gasteiger partial charge in [0.15, 0.2) is 0 Å². The summed E-state index contributed by atoms with van der Waals surface area (Å²) in [5.41, 5.74) is 2.69. The number of nitrogens with zero attached hydrogens (tertiary/aromatic N) is 3. The van der Waals surface area contributed by atoms with E-state index in [2.05, 4.69) is 16.3 Å². The molecule has 7 nitrogen and oxygen atoms in total. The Bertz CT molecular complexity index is 971. The van der Waals surface area contributed by atoms with Crippen molar-refractivity contribution in [2.75, 3.05) is 50.5 Å². The molecule has 0 radical (unpaired) electrons. The third-order valence-electron chi connectivity index (χ3n) is 6.62. The van der Waals surface area contributed by atoms with Crippen molar-refractivity contribution in [1.29, 1.82) is 0 Å². The van der Waals surface area contributed by atoms with Gasteiger partial charge in [0.25, 0.3) is 5.91 Å². The molecule has 2 aromatic rings. The quantitative estimate of drug-likeness (QED) is 0.756. The molecule has 2 fully saturated rings. The standard InChI is InChI=1S/C26H34N4O3/c1-20-24(31)30(23-10-5-4-6-11-23)19-26(33-20)13-16-29(17-14-26)15-12-21-8-7-9-22(18-21)27-25(32)28(2)3/h4-11,18,20H,12-17,19H2,1-3H3,(H,27,32). The van der Waals surface area contributed by atoms with Gasteiger partial charge in [-0.3, -0.25) is 4.79 Å². The van der Waals surface area contributed by atoms with Crippen molar-refractivity contribution in [2.24, 2.45) is 0 Å². The highest BCUT2D eigenvalue weighted by molar-refractivity contribution is 5.97. The topological polar surface area (TPSA) is 65.1 Å². The maximum absolute atomic E-state index is 12.8. The molecule has 2 saturated heterocycles. The zero-order chi connectivity index (χ0) is 23.4. The van der Waals surface area contributed by atoms with E-state index in [1.165, 1.54) is 10.5 Å². The van der Waals surface area contributed by atoms with Gasteiger partial charge in [-0.1, -0.05) is 30.3 Å². The number of piperidine rings is 1. The lowest BCUT2D eigenvalue weighted by atomic mass is 9.88. The van der Waals surface area contributed by atoms with Crippen LogP contribution in [0.3, 0.4) is 0 Å². The van der Waals surface area contributed by atoms with E-state index in [0.29, 0.717) is 6.54 Å². The van der Waals surface area contributed by atoms with Gasteiger partial charge in [0.1, 0.15) is 6.10 Å². The van der Waals surface area contributed by atoms with Crippen LogP contribution in [0.25, 0.3) is 0 Å². The molecule has 4 rings (SSSR count). The van der Waals surface area contributed by atoms with Crippen molar-refractivity contribution in [1.82, 2.24) is 9.80 Å². The summed E-state index contributed by atoms with van der Waals surface area (Å²) in [7, 11) is 3.46. The molecule has 3 amide bonds. The van der Waals surface area contributed by atoms with Crippen LogP contribution in [0.15, 0.2) is 54.6 Å². The van der Waals surface area contributed by atoms with Crippen LogP contribution in [-0.2, 0) is 16.0 Å². The number of amides is 3. The van der Waals surface area contributed by atoms with E-state index in [4.69, 9.17) is 4.74 Å². The van der Waals surface area contributed by atoms with Gasteiger partial charge in [0.2, 0.25) is 0 Å². The van der Waals surface area contributed by atoms with Crippen molar-refractivity contribution in [2.45, 2.75) is 37.9 Å². The highest BCUT2D eigenvalue weighted by Gasteiger charge is 2.45. The normalized spacial score (nSPS) is 20.6. The lowest BCUT2D eigenvalue weighted by Crippen LogP contribution is -2.61. The minimum atomic E-state index is -0.425. The van der Waals surface area contributed by atoms with E-state index < -0.39 is 6.10 Å². The predicted octanol–water partition coefficient (Wildman–Crippen LogP) is 3.61. The summed E-state index contributed by atoms with van der Waals surface area (Å²) >= 11 is 0. The first-order chi connectivity index (χ1) is 15.8. The number of likely N-dealkylation sites (tertiary alicyclic amines) is 1. The van der Waals surface area contributed by atoms with E-state index in [1.54, 1.807) is 14.1 Å². The molecule has 33 heavy (non-hydrogen) atoms. The summed E-state index contributed by atoms with van der Waals surface area (Å²) < 4.78 is 6.30. The molecule has 2 heterocycles. The Morgan fingerprint density at radius 1 is 1.12 bits per heavy atom. The second kappa shape index (κ2) is 9.93. The largest absolute Gasteiger partial charge is 0.360 e. The monoisotopic (exact) mass is 450 g/mol. The first-order valence-electron chi connectivity index (χ1n) is 11.7. The molecule has 2 aliphatic rings. The Morgan fingerprint density at radius 2 is 1.85 bits per heavy atom. The number of anilines is 2. The number of nitrogens with one attached hydrogen (secondary N) is 1. The van der Waals surface area contributed by atoms with Crippen LogP contribution in [0.4, 0.5) is 16.2 Å². The van der Waals surface area contributed by atoms with E-state index >= 15 is 0 Å². The van der Waals surface area contributed by atoms with Crippen LogP contribution in [0, 0.1) is 0 Å². The number of carbonyl (C=O) groups is 2. The number of urea groups is 1. The summed E-state index contributed by atoms with van der Waals surface area (Å²) in [6.45, 7) is 5.33. The van der Waals surface area contributed by atoms with Crippen molar-refractivity contribution < 1.29 is 14.3 Å². The number of hydrogen-bond donors (Lipinski definition) is 1. The summed E-state index contributed by atoms with van der Waals surface area (Å²) in [4.78, 5) is 30.6. The molecule has 2 aromatic carbocycles. The lowest BCUT2D eigenvalue weighted by molar-refractivity contribution is -0.161. The molecule has 0 saturated carbocycles. The molecule has 2 aliphatic heterocycles. The number of ether oxygens (including phenoxy) is 1. The number of para-hydroxylation sites is 1. The third-order valence-corrected chi connectivity index (χ3v) is 6.62. The number of benzene rings is 2. The average molecular weight is 451 g/mol. The number of carbonyl (C=O) groups excluding carboxylic acids is 2. The average Bonchev–Trinajstić information content (AvgIpc) is 2.82. The lowest BCUT2D eigenvalue weighted by Gasteiger charge is -2.49. The smallest absolute Gasteiger partial charge is 0.321 e. The van der Waals surface area contributed by atoms with Gasteiger partial charge < -0.3 is 24.8 Å². The van der Waals surface area contributed by atoms with Crippen LogP contribution < -0.4 is 10.2 Å². The molecule has 176 valence electrons. The molecular weight excluding hydrogens is 416 g/mol. The molecule has 1 spiro atoms. The Labute approximate surface area is 196 Å². The maximum Gasteiger partial charge on any atom is 0.321 e. The fraction of sp³-hybridized carbons (Fsp3) is 0.462. The number of rotatable bonds is 5. The van der Waals surface area contributed by atoms with Crippen LogP contribution >= 0.6 is 0 Å². The summed E-state index contributed by atoms with van der Waals surface area (Å²) in [6, 6.07) is 17.8. The molecule has 0 aromatic heterocycles. The van der Waals surface area contributed by atoms with Crippen molar-refractivity contribution in [3.05, 3.63) is 60.2 Å². The maximum atomic E-state index is 12.8. The van der Waals surface area contributed by atoms with Gasteiger partial charge >= 0.3 is 6.03 Å². The zero-order valence-corrected chi connectivity index (χ0v) is 19.8. The van der Waals surface area contributed by atoms with E-state index in [-0.39, 0.29) is 17.5 Å². The summed E-state index contributed by atoms with van der Waals surface area (Å²) in [6.07, 6.45) is 2.32. The molecule has 1 unspecified atom stereocenters. The second-order valence-electron chi connectivity index (χ2n) is 9.32. The zero-order valence-electron chi connectivity index (χ0n) is 19.8. The molecule has 0 aliphatic carbocycles. The summed E-state index contributed by atoms with van der Waals surface area (Å²) in [5, 5.41) is 2.91. The molecular formula is C26H34N4O3. The molecule has 1 atom stereocenters. The Balaban J connectivity index is 1.33. The molecule has 7 heteroatoms. The van der Waals surface area contributed by atoms with E-state index in [0.717, 1.165) is 50.3 Å². The second-order valence-corrected chi connectivity index (χ2v) is 9.32. The van der Waals surface area contributed by atoms with Crippen molar-refractivity contribution in [3.8, 4) is 0 Å². The minimum absolute atomic E-state index is 0.0375. The van der Waals surface area contributed by atoms with Gasteiger partial charge in [-0.2, -0.15) is 0 Å². The van der Waals surface area contributed by atoms with Crippen LogP contribution in [-0.4, -0.2) is 73.7 Å². The first-order valence-corrected chi connectivity index (χ1v) is 11.7. The van der Waals surface area contributed by atoms with Gasteiger partial charge in [0.05, 0.1) is 12.1 Å². The third kappa shape index (κ3) is 5.54. The van der Waals surface area contributed by atoms with E-state index in [1.807, 2.05) is 60.4 Å². The fourth-order valence-corrected chi connectivity index (χ4v) is 4.66. The SMILES string of the molecule is CC1OC2(CCN(CCc3cccc(NC(=O)N(C)C)c3)CC2)CN(c2ccccc2)C1=O. The highest BCUT2D eigenvalue weighted by Crippen LogP contribution is 2.35. The first kappa shape index (κ1) is 23.3. The van der Waals surface area contributed by atoms with Crippen LogP contribution in [0.1, 0.15) is 25.3 Å². The fourth-order valence-electron chi connectivity index (χ4n) is 4.66. The Hall–Kier alpha value is -2.90. The van der Waals surface area contributed by atoms with Crippen LogP contribution in [0.2, 0.25) is 0 Å². The van der Waals surface area contributed by atoms with Gasteiger partial charge in [-0.25, -0.2) is 4.79 Å². The van der Waals surface area contributed by atoms with Gasteiger partial charge in [0, 0.05) is 45.1 Å². The minimum Gasteiger partial charge on any atom is -0.360 e. The van der Waals surface area contributed by atoms with Crippen molar-refractivity contribution >= 4 is 23.3 Å². The predicted molar refractivity (Wildman–Crippen MR) is 131 cm³/mol. The summed E-state index contributed by atoms with van der Waals surface area (Å²) in [5.74, 6) is 0.0375. The van der Waals surface area contributed by atoms with E-state index in [9.17, 15) is 9.59 Å². The number of hydrogen-bond acceptors (Lipinski definition) is 4. The van der Waals surface area contributed by atoms with Crippen LogP contribution in [0.5, 0.6) is 0 Å². The molecule has 0 bridgehead atoms. The van der Waals surface area contributed by atoms with Crippen molar-refractivity contribution in [3.63, 3.8) is 0 Å². The number of morpholine rings is 1. The Kier molecular flexibility index (Phi) is 7.00.